The molecule has 1 atom stereocenters. The van der Waals surface area contributed by atoms with Gasteiger partial charge in [-0.2, -0.15) is 0 Å². The average Bonchev–Trinajstić information content (AvgIpc) is 2.71. The SMILES string of the molecule is CCC[C@H](C)C(=O)Nc1nc2c(s1)CCCC2. The molecule has 0 saturated carbocycles. The lowest BCUT2D eigenvalue weighted by Gasteiger charge is -2.08. The van der Waals surface area contributed by atoms with Gasteiger partial charge in [0.15, 0.2) is 5.13 Å². The summed E-state index contributed by atoms with van der Waals surface area (Å²) in [6, 6.07) is 0. The summed E-state index contributed by atoms with van der Waals surface area (Å²) < 4.78 is 0. The topological polar surface area (TPSA) is 42.0 Å². The Morgan fingerprint density at radius 2 is 2.24 bits per heavy atom. The summed E-state index contributed by atoms with van der Waals surface area (Å²) in [5, 5.41) is 3.75. The molecule has 1 aromatic heterocycles. The van der Waals surface area contributed by atoms with Crippen LogP contribution in [0.4, 0.5) is 5.13 Å². The highest BCUT2D eigenvalue weighted by Crippen LogP contribution is 2.29. The molecule has 0 saturated heterocycles. The van der Waals surface area contributed by atoms with Crippen LogP contribution in [0.5, 0.6) is 0 Å². The predicted octanol–water partition coefficient (Wildman–Crippen LogP) is 3.40. The molecule has 94 valence electrons. The molecule has 0 fully saturated rings. The molecule has 0 bridgehead atoms. The van der Waals surface area contributed by atoms with Gasteiger partial charge >= 0.3 is 0 Å². The van der Waals surface area contributed by atoms with Crippen molar-refractivity contribution in [2.45, 2.75) is 52.4 Å². The molecular weight excluding hydrogens is 232 g/mol. The number of carbonyl (C=O) groups excluding carboxylic acids is 1. The molecule has 0 radical (unpaired) electrons. The van der Waals surface area contributed by atoms with Gasteiger partial charge in [-0.25, -0.2) is 4.98 Å². The lowest BCUT2D eigenvalue weighted by Crippen LogP contribution is -2.20. The first-order valence-corrected chi connectivity index (χ1v) is 7.31. The minimum Gasteiger partial charge on any atom is -0.302 e. The first kappa shape index (κ1) is 12.6. The fraction of sp³-hybridized carbons (Fsp3) is 0.692. The smallest absolute Gasteiger partial charge is 0.228 e. The van der Waals surface area contributed by atoms with Crippen molar-refractivity contribution in [3.05, 3.63) is 10.6 Å². The number of anilines is 1. The molecule has 0 aromatic carbocycles. The van der Waals surface area contributed by atoms with Gasteiger partial charge in [0.25, 0.3) is 0 Å². The number of aryl methyl sites for hydroxylation is 2. The van der Waals surface area contributed by atoms with Gasteiger partial charge in [0, 0.05) is 10.8 Å². The Kier molecular flexibility index (Phi) is 4.15. The second-order valence-corrected chi connectivity index (χ2v) is 5.86. The molecule has 0 spiro atoms. The van der Waals surface area contributed by atoms with Crippen molar-refractivity contribution in [2.75, 3.05) is 5.32 Å². The van der Waals surface area contributed by atoms with E-state index in [0.29, 0.717) is 0 Å². The maximum atomic E-state index is 11.9. The average molecular weight is 252 g/mol. The van der Waals surface area contributed by atoms with Gasteiger partial charge < -0.3 is 5.32 Å². The van der Waals surface area contributed by atoms with Crippen molar-refractivity contribution in [3.63, 3.8) is 0 Å². The zero-order chi connectivity index (χ0) is 12.3. The Labute approximate surface area is 107 Å². The Morgan fingerprint density at radius 1 is 1.47 bits per heavy atom. The normalized spacial score (nSPS) is 16.4. The zero-order valence-corrected chi connectivity index (χ0v) is 11.4. The van der Waals surface area contributed by atoms with E-state index in [1.165, 1.54) is 23.4 Å². The van der Waals surface area contributed by atoms with Crippen LogP contribution >= 0.6 is 11.3 Å². The maximum absolute atomic E-state index is 11.9. The number of hydrogen-bond donors (Lipinski definition) is 1. The van der Waals surface area contributed by atoms with Crippen molar-refractivity contribution in [2.24, 2.45) is 5.92 Å². The van der Waals surface area contributed by atoms with E-state index in [1.54, 1.807) is 11.3 Å². The standard InChI is InChI=1S/C13H20N2OS/c1-3-6-9(2)12(16)15-13-14-10-7-4-5-8-11(10)17-13/h9H,3-8H2,1-2H3,(H,14,15,16)/t9-/m0/s1. The van der Waals surface area contributed by atoms with E-state index < -0.39 is 0 Å². The van der Waals surface area contributed by atoms with Crippen molar-refractivity contribution < 1.29 is 4.79 Å². The fourth-order valence-electron chi connectivity index (χ4n) is 2.20. The van der Waals surface area contributed by atoms with Gasteiger partial charge in [0.05, 0.1) is 5.69 Å². The number of thiazole rings is 1. The van der Waals surface area contributed by atoms with Gasteiger partial charge in [-0.3, -0.25) is 4.79 Å². The second kappa shape index (κ2) is 5.63. The molecule has 1 aliphatic rings. The van der Waals surface area contributed by atoms with E-state index in [0.717, 1.165) is 30.8 Å². The molecule has 1 aliphatic carbocycles. The van der Waals surface area contributed by atoms with E-state index in [4.69, 9.17) is 0 Å². The third kappa shape index (κ3) is 3.06. The Balaban J connectivity index is 1.99. The largest absolute Gasteiger partial charge is 0.302 e. The third-order valence-corrected chi connectivity index (χ3v) is 4.32. The van der Waals surface area contributed by atoms with Crippen molar-refractivity contribution in [1.82, 2.24) is 4.98 Å². The van der Waals surface area contributed by atoms with E-state index in [1.807, 2.05) is 6.92 Å². The summed E-state index contributed by atoms with van der Waals surface area (Å²) in [5.74, 6) is 0.193. The minimum absolute atomic E-state index is 0.0842. The maximum Gasteiger partial charge on any atom is 0.228 e. The van der Waals surface area contributed by atoms with Gasteiger partial charge in [-0.1, -0.05) is 20.3 Å². The van der Waals surface area contributed by atoms with Crippen LogP contribution in [0.3, 0.4) is 0 Å². The van der Waals surface area contributed by atoms with Crippen molar-refractivity contribution in [1.29, 1.82) is 0 Å². The lowest BCUT2D eigenvalue weighted by molar-refractivity contribution is -0.119. The van der Waals surface area contributed by atoms with Crippen LogP contribution in [0.1, 0.15) is 50.1 Å². The summed E-state index contributed by atoms with van der Waals surface area (Å²) in [6.07, 6.45) is 6.69. The number of aromatic nitrogens is 1. The van der Waals surface area contributed by atoms with E-state index >= 15 is 0 Å². The number of amides is 1. The molecule has 17 heavy (non-hydrogen) atoms. The lowest BCUT2D eigenvalue weighted by atomic mass is 10.0. The molecule has 1 amide bonds. The number of fused-ring (bicyclic) bond motifs is 1. The predicted molar refractivity (Wildman–Crippen MR) is 71.5 cm³/mol. The van der Waals surface area contributed by atoms with Gasteiger partial charge in [0.2, 0.25) is 5.91 Å². The number of carbonyl (C=O) groups is 1. The number of hydrogen-bond acceptors (Lipinski definition) is 3. The first-order chi connectivity index (χ1) is 8.20. The molecule has 1 heterocycles. The van der Waals surface area contributed by atoms with Gasteiger partial charge in [-0.05, 0) is 32.1 Å². The van der Waals surface area contributed by atoms with E-state index in [9.17, 15) is 4.79 Å². The van der Waals surface area contributed by atoms with Crippen LogP contribution in [-0.4, -0.2) is 10.9 Å². The summed E-state index contributed by atoms with van der Waals surface area (Å²) in [5.41, 5.74) is 1.21. The van der Waals surface area contributed by atoms with Crippen molar-refractivity contribution in [3.8, 4) is 0 Å². The number of nitrogens with one attached hydrogen (secondary N) is 1. The molecule has 1 N–H and O–H groups in total. The van der Waals surface area contributed by atoms with Gasteiger partial charge in [-0.15, -0.1) is 11.3 Å². The molecule has 0 unspecified atom stereocenters. The van der Waals surface area contributed by atoms with Crippen LogP contribution in [0, 0.1) is 5.92 Å². The molecular formula is C13H20N2OS. The van der Waals surface area contributed by atoms with Gasteiger partial charge in [0.1, 0.15) is 0 Å². The van der Waals surface area contributed by atoms with Crippen LogP contribution in [-0.2, 0) is 17.6 Å². The highest BCUT2D eigenvalue weighted by atomic mass is 32.1. The molecule has 1 aromatic rings. The minimum atomic E-state index is 0.0842. The fourth-order valence-corrected chi connectivity index (χ4v) is 3.25. The summed E-state index contributed by atoms with van der Waals surface area (Å²) in [6.45, 7) is 4.08. The molecule has 0 aliphatic heterocycles. The van der Waals surface area contributed by atoms with Crippen LogP contribution in [0.15, 0.2) is 0 Å². The highest BCUT2D eigenvalue weighted by Gasteiger charge is 2.18. The molecule has 2 rings (SSSR count). The second-order valence-electron chi connectivity index (χ2n) is 4.77. The summed E-state index contributed by atoms with van der Waals surface area (Å²) in [4.78, 5) is 17.8. The van der Waals surface area contributed by atoms with Crippen LogP contribution in [0.25, 0.3) is 0 Å². The zero-order valence-electron chi connectivity index (χ0n) is 10.6. The van der Waals surface area contributed by atoms with E-state index in [2.05, 4.69) is 17.2 Å². The highest BCUT2D eigenvalue weighted by molar-refractivity contribution is 7.15. The molecule has 3 nitrogen and oxygen atoms in total. The summed E-state index contributed by atoms with van der Waals surface area (Å²) in [7, 11) is 0. The number of nitrogens with zero attached hydrogens (tertiary/aromatic N) is 1. The Hall–Kier alpha value is -0.900. The Bertz CT molecular complexity index is 377. The Morgan fingerprint density at radius 3 is 2.94 bits per heavy atom. The van der Waals surface area contributed by atoms with Crippen LogP contribution < -0.4 is 5.32 Å². The molecule has 4 heteroatoms. The van der Waals surface area contributed by atoms with Crippen molar-refractivity contribution >= 4 is 22.4 Å². The first-order valence-electron chi connectivity index (χ1n) is 6.50. The number of rotatable bonds is 4. The quantitative estimate of drug-likeness (QED) is 0.892. The third-order valence-electron chi connectivity index (χ3n) is 3.25. The monoisotopic (exact) mass is 252 g/mol. The van der Waals surface area contributed by atoms with E-state index in [-0.39, 0.29) is 11.8 Å². The van der Waals surface area contributed by atoms with Crippen LogP contribution in [0.2, 0.25) is 0 Å². The summed E-state index contributed by atoms with van der Waals surface area (Å²) >= 11 is 1.66.